The van der Waals surface area contributed by atoms with Gasteiger partial charge in [-0.3, -0.25) is 15.1 Å². The molecule has 0 aromatic heterocycles. The van der Waals surface area contributed by atoms with Gasteiger partial charge in [-0.2, -0.15) is 0 Å². The highest BCUT2D eigenvalue weighted by Crippen LogP contribution is 2.32. The summed E-state index contributed by atoms with van der Waals surface area (Å²) in [5, 5.41) is 14.3. The number of nitro benzene ring substituents is 1. The van der Waals surface area contributed by atoms with Crippen LogP contribution in [0.5, 0.6) is 11.5 Å². The zero-order valence-electron chi connectivity index (χ0n) is 15.1. The van der Waals surface area contributed by atoms with Gasteiger partial charge in [0.15, 0.2) is 0 Å². The molecule has 3 rings (SSSR count). The smallest absolute Gasteiger partial charge is 0.271 e. The average molecular weight is 396 g/mol. The highest BCUT2D eigenvalue weighted by atomic mass is 35.5. The minimum atomic E-state index is -0.501. The van der Waals surface area contributed by atoms with Gasteiger partial charge >= 0.3 is 0 Å². The largest absolute Gasteiger partial charge is 0.456 e. The zero-order valence-corrected chi connectivity index (χ0v) is 15.9. The first-order chi connectivity index (χ1) is 13.6. The lowest BCUT2D eigenvalue weighted by Gasteiger charge is -2.11. The third kappa shape index (κ3) is 4.86. The summed E-state index contributed by atoms with van der Waals surface area (Å²) in [6.45, 7) is 0.671. The number of ether oxygens (including phenoxy) is 1. The number of nitrogens with one attached hydrogen (secondary N) is 1. The van der Waals surface area contributed by atoms with E-state index in [-0.39, 0.29) is 10.7 Å². The first kappa shape index (κ1) is 19.4. The maximum absolute atomic E-state index is 10.8. The maximum atomic E-state index is 10.8. The molecule has 0 aliphatic carbocycles. The first-order valence-electron chi connectivity index (χ1n) is 8.53. The number of halogens is 1. The molecule has 0 spiro atoms. The summed E-state index contributed by atoms with van der Waals surface area (Å²) in [5.41, 5.74) is 2.00. The van der Waals surface area contributed by atoms with Crippen molar-refractivity contribution in [3.63, 3.8) is 0 Å². The van der Waals surface area contributed by atoms with E-state index >= 15 is 0 Å². The highest BCUT2D eigenvalue weighted by Gasteiger charge is 2.11. The summed E-state index contributed by atoms with van der Waals surface area (Å²) in [4.78, 5) is 14.6. The van der Waals surface area contributed by atoms with Crippen molar-refractivity contribution in [1.82, 2.24) is 5.32 Å². The Morgan fingerprint density at radius 2 is 1.82 bits per heavy atom. The van der Waals surface area contributed by atoms with E-state index < -0.39 is 4.92 Å². The second-order valence-electron chi connectivity index (χ2n) is 5.91. The normalized spacial score (nSPS) is 11.1. The second-order valence-corrected chi connectivity index (χ2v) is 6.32. The van der Waals surface area contributed by atoms with E-state index in [0.29, 0.717) is 18.0 Å². The van der Waals surface area contributed by atoms with Crippen molar-refractivity contribution >= 4 is 23.1 Å². The SMILES string of the molecule is CN=C(NCc1ccccc1)c1ccc(Oc2ccc([N+](=O)[O-])cc2Cl)cc1. The van der Waals surface area contributed by atoms with Gasteiger partial charge in [0.25, 0.3) is 5.69 Å². The Balaban J connectivity index is 1.68. The van der Waals surface area contributed by atoms with E-state index in [1.165, 1.54) is 18.2 Å². The molecule has 0 radical (unpaired) electrons. The molecule has 3 aromatic carbocycles. The zero-order chi connectivity index (χ0) is 19.9. The molecule has 1 N–H and O–H groups in total. The first-order valence-corrected chi connectivity index (χ1v) is 8.91. The Kier molecular flexibility index (Phi) is 6.24. The Morgan fingerprint density at radius 1 is 1.11 bits per heavy atom. The minimum Gasteiger partial charge on any atom is -0.456 e. The van der Waals surface area contributed by atoms with Crippen molar-refractivity contribution in [2.24, 2.45) is 4.99 Å². The predicted molar refractivity (Wildman–Crippen MR) is 110 cm³/mol. The average Bonchev–Trinajstić information content (AvgIpc) is 2.71. The molecule has 0 amide bonds. The van der Waals surface area contributed by atoms with Crippen molar-refractivity contribution in [3.05, 3.63) is 99.1 Å². The summed E-state index contributed by atoms with van der Waals surface area (Å²) in [7, 11) is 1.73. The molecule has 28 heavy (non-hydrogen) atoms. The molecule has 0 fully saturated rings. The van der Waals surface area contributed by atoms with Gasteiger partial charge in [-0.1, -0.05) is 41.9 Å². The van der Waals surface area contributed by atoms with Crippen molar-refractivity contribution < 1.29 is 9.66 Å². The van der Waals surface area contributed by atoms with Gasteiger partial charge in [0.2, 0.25) is 0 Å². The lowest BCUT2D eigenvalue weighted by atomic mass is 10.1. The van der Waals surface area contributed by atoms with E-state index in [1.807, 2.05) is 42.5 Å². The number of non-ortho nitro benzene ring substituents is 1. The number of hydrogen-bond donors (Lipinski definition) is 1. The van der Waals surface area contributed by atoms with Crippen LogP contribution in [0.15, 0.2) is 77.8 Å². The monoisotopic (exact) mass is 395 g/mol. The Morgan fingerprint density at radius 3 is 2.43 bits per heavy atom. The molecule has 0 saturated heterocycles. The van der Waals surface area contributed by atoms with Crippen LogP contribution < -0.4 is 10.1 Å². The fourth-order valence-electron chi connectivity index (χ4n) is 2.59. The molecule has 7 heteroatoms. The second kappa shape index (κ2) is 9.01. The van der Waals surface area contributed by atoms with E-state index in [4.69, 9.17) is 16.3 Å². The Hall–Kier alpha value is -3.38. The molecular formula is C21H18ClN3O3. The molecule has 0 aliphatic heterocycles. The number of amidine groups is 1. The summed E-state index contributed by atoms with van der Waals surface area (Å²) in [6, 6.07) is 21.5. The van der Waals surface area contributed by atoms with Gasteiger partial charge in [-0.25, -0.2) is 0 Å². The molecule has 0 saturated carbocycles. The van der Waals surface area contributed by atoms with E-state index in [2.05, 4.69) is 10.3 Å². The van der Waals surface area contributed by atoms with E-state index in [0.717, 1.165) is 17.0 Å². The minimum absolute atomic E-state index is 0.0824. The van der Waals surface area contributed by atoms with Gasteiger partial charge < -0.3 is 10.1 Å². The standard InChI is InChI=1S/C21H18ClN3O3/c1-23-21(24-14-15-5-3-2-4-6-15)16-7-10-18(11-8-16)28-20-12-9-17(25(26)27)13-19(20)22/h2-13H,14H2,1H3,(H,23,24). The van der Waals surface area contributed by atoms with Crippen LogP contribution in [-0.2, 0) is 6.54 Å². The lowest BCUT2D eigenvalue weighted by molar-refractivity contribution is -0.384. The summed E-state index contributed by atoms with van der Waals surface area (Å²) < 4.78 is 5.73. The molecule has 0 bridgehead atoms. The maximum Gasteiger partial charge on any atom is 0.271 e. The van der Waals surface area contributed by atoms with Crippen LogP contribution in [0.25, 0.3) is 0 Å². The molecule has 0 atom stereocenters. The fourth-order valence-corrected chi connectivity index (χ4v) is 2.80. The third-order valence-electron chi connectivity index (χ3n) is 4.01. The third-order valence-corrected chi connectivity index (χ3v) is 4.30. The molecule has 142 valence electrons. The number of nitro groups is 1. The van der Waals surface area contributed by atoms with Gasteiger partial charge in [0, 0.05) is 31.3 Å². The van der Waals surface area contributed by atoms with Gasteiger partial charge in [0.05, 0.1) is 9.95 Å². The van der Waals surface area contributed by atoms with Gasteiger partial charge in [-0.15, -0.1) is 0 Å². The topological polar surface area (TPSA) is 76.8 Å². The van der Waals surface area contributed by atoms with Crippen LogP contribution in [0.3, 0.4) is 0 Å². The fraction of sp³-hybridized carbons (Fsp3) is 0.0952. The van der Waals surface area contributed by atoms with Gasteiger partial charge in [0.1, 0.15) is 17.3 Å². The quantitative estimate of drug-likeness (QED) is 0.269. The van der Waals surface area contributed by atoms with Crippen LogP contribution in [-0.4, -0.2) is 17.8 Å². The highest BCUT2D eigenvalue weighted by molar-refractivity contribution is 6.32. The number of rotatable bonds is 6. The molecular weight excluding hydrogens is 378 g/mol. The lowest BCUT2D eigenvalue weighted by Crippen LogP contribution is -2.23. The van der Waals surface area contributed by atoms with E-state index in [1.54, 1.807) is 19.2 Å². The summed E-state index contributed by atoms with van der Waals surface area (Å²) in [6.07, 6.45) is 0. The van der Waals surface area contributed by atoms with Crippen LogP contribution >= 0.6 is 11.6 Å². The molecule has 6 nitrogen and oxygen atoms in total. The Labute approximate surface area is 167 Å². The van der Waals surface area contributed by atoms with Gasteiger partial charge in [-0.05, 0) is 35.9 Å². The van der Waals surface area contributed by atoms with E-state index in [9.17, 15) is 10.1 Å². The molecule has 0 heterocycles. The van der Waals surface area contributed by atoms with Crippen molar-refractivity contribution in [3.8, 4) is 11.5 Å². The van der Waals surface area contributed by atoms with Crippen LogP contribution in [0.1, 0.15) is 11.1 Å². The molecule has 3 aromatic rings. The molecule has 0 aliphatic rings. The molecule has 0 unspecified atom stereocenters. The van der Waals surface area contributed by atoms with Crippen LogP contribution in [0, 0.1) is 10.1 Å². The predicted octanol–water partition coefficient (Wildman–Crippen LogP) is 5.21. The van der Waals surface area contributed by atoms with Crippen molar-refractivity contribution in [2.75, 3.05) is 7.05 Å². The summed E-state index contributed by atoms with van der Waals surface area (Å²) in [5.74, 6) is 1.69. The summed E-state index contributed by atoms with van der Waals surface area (Å²) >= 11 is 6.07. The number of nitrogens with zero attached hydrogens (tertiary/aromatic N) is 2. The van der Waals surface area contributed by atoms with Crippen LogP contribution in [0.4, 0.5) is 5.69 Å². The van der Waals surface area contributed by atoms with Crippen molar-refractivity contribution in [2.45, 2.75) is 6.54 Å². The number of benzene rings is 3. The Bertz CT molecular complexity index is 990. The van der Waals surface area contributed by atoms with Crippen molar-refractivity contribution in [1.29, 1.82) is 0 Å². The number of hydrogen-bond acceptors (Lipinski definition) is 4. The van der Waals surface area contributed by atoms with Crippen LogP contribution in [0.2, 0.25) is 5.02 Å². The number of aliphatic imine (C=N–C) groups is 1.